The van der Waals surface area contributed by atoms with Crippen molar-refractivity contribution in [1.29, 1.82) is 0 Å². The van der Waals surface area contributed by atoms with Crippen molar-refractivity contribution < 1.29 is 19.1 Å². The largest absolute Gasteiger partial charge is 0.482 e. The molecule has 3 aromatic rings. The Balaban J connectivity index is 1.91. The molecule has 0 aliphatic carbocycles. The summed E-state index contributed by atoms with van der Waals surface area (Å²) in [7, 11) is 3.49. The molecule has 35 heavy (non-hydrogen) atoms. The molecule has 0 aliphatic rings. The van der Waals surface area contributed by atoms with Crippen LogP contribution in [0.5, 0.6) is 5.75 Å². The molecule has 0 saturated carbocycles. The van der Waals surface area contributed by atoms with Crippen LogP contribution >= 0.6 is 0 Å². The molecule has 3 aromatic carbocycles. The number of nitrogens with two attached hydrogens (primary N) is 1. The van der Waals surface area contributed by atoms with Crippen LogP contribution in [0.15, 0.2) is 78.9 Å². The molecule has 3 amide bonds. The molecule has 0 aliphatic heterocycles. The number of amides is 3. The van der Waals surface area contributed by atoms with Gasteiger partial charge < -0.3 is 20.3 Å². The molecule has 0 heterocycles. The van der Waals surface area contributed by atoms with Gasteiger partial charge >= 0.3 is 0 Å². The summed E-state index contributed by atoms with van der Waals surface area (Å²) in [6.45, 7) is 1.43. The van der Waals surface area contributed by atoms with Crippen LogP contribution in [0.25, 0.3) is 0 Å². The number of likely N-dealkylation sites (N-methyl/N-ethyl adjacent to an activating group) is 2. The van der Waals surface area contributed by atoms with Crippen LogP contribution in [0, 0.1) is 6.92 Å². The predicted molar refractivity (Wildman–Crippen MR) is 138 cm³/mol. The molecule has 0 radical (unpaired) electrons. The van der Waals surface area contributed by atoms with E-state index in [4.69, 9.17) is 10.5 Å². The van der Waals surface area contributed by atoms with Crippen LogP contribution in [0.2, 0.25) is 0 Å². The Labute approximate surface area is 205 Å². The zero-order valence-electron chi connectivity index (χ0n) is 20.2. The molecule has 2 N–H and O–H groups in total. The van der Waals surface area contributed by atoms with Gasteiger partial charge in [0.25, 0.3) is 5.91 Å². The molecule has 0 bridgehead atoms. The first-order chi connectivity index (χ1) is 16.8. The highest BCUT2D eigenvalue weighted by molar-refractivity contribution is 6.05. The van der Waals surface area contributed by atoms with Crippen LogP contribution < -0.4 is 25.2 Å². The molecule has 0 fully saturated rings. The molecule has 3 rings (SSSR count). The SMILES string of the molecule is Cc1ccccc1N(C)CC(=O)N(CC(=O)N(C)c1ccccc1)c1ccccc1OCC(N)=O. The van der Waals surface area contributed by atoms with E-state index >= 15 is 0 Å². The van der Waals surface area contributed by atoms with Crippen molar-refractivity contribution in [2.45, 2.75) is 6.92 Å². The Morgan fingerprint density at radius 3 is 2.03 bits per heavy atom. The number of aryl methyl sites for hydroxylation is 1. The van der Waals surface area contributed by atoms with E-state index in [0.29, 0.717) is 11.4 Å². The number of rotatable bonds is 10. The summed E-state index contributed by atoms with van der Waals surface area (Å²) in [5, 5.41) is 0. The average Bonchev–Trinajstić information content (AvgIpc) is 2.86. The van der Waals surface area contributed by atoms with E-state index in [-0.39, 0.29) is 37.3 Å². The Hall–Kier alpha value is -4.33. The molecular weight excluding hydrogens is 444 g/mol. The third-order valence-electron chi connectivity index (χ3n) is 5.54. The number of para-hydroxylation sites is 4. The first kappa shape index (κ1) is 25.3. The van der Waals surface area contributed by atoms with Gasteiger partial charge in [-0.05, 0) is 42.8 Å². The Kier molecular flexibility index (Phi) is 8.45. The van der Waals surface area contributed by atoms with Crippen molar-refractivity contribution in [2.75, 3.05) is 48.5 Å². The fourth-order valence-electron chi connectivity index (χ4n) is 3.66. The lowest BCUT2D eigenvalue weighted by atomic mass is 10.2. The van der Waals surface area contributed by atoms with Gasteiger partial charge in [0.2, 0.25) is 11.8 Å². The maximum absolute atomic E-state index is 13.6. The monoisotopic (exact) mass is 474 g/mol. The molecule has 8 heteroatoms. The minimum atomic E-state index is -0.642. The van der Waals surface area contributed by atoms with Crippen molar-refractivity contribution in [2.24, 2.45) is 5.73 Å². The van der Waals surface area contributed by atoms with Gasteiger partial charge in [-0.2, -0.15) is 0 Å². The summed E-state index contributed by atoms with van der Waals surface area (Å²) < 4.78 is 5.56. The maximum Gasteiger partial charge on any atom is 0.255 e. The van der Waals surface area contributed by atoms with E-state index in [2.05, 4.69) is 0 Å². The van der Waals surface area contributed by atoms with E-state index in [1.54, 1.807) is 31.3 Å². The second-order valence-electron chi connectivity index (χ2n) is 8.13. The summed E-state index contributed by atoms with van der Waals surface area (Å²) in [4.78, 5) is 42.8. The molecular formula is C27H30N4O4. The zero-order chi connectivity index (χ0) is 25.4. The molecule has 0 unspecified atom stereocenters. The van der Waals surface area contributed by atoms with Crippen molar-refractivity contribution in [3.8, 4) is 5.75 Å². The number of carbonyl (C=O) groups is 3. The highest BCUT2D eigenvalue weighted by Crippen LogP contribution is 2.29. The smallest absolute Gasteiger partial charge is 0.255 e. The number of ether oxygens (including phenoxy) is 1. The van der Waals surface area contributed by atoms with Gasteiger partial charge in [-0.25, -0.2) is 0 Å². The van der Waals surface area contributed by atoms with Crippen LogP contribution in [0.4, 0.5) is 17.1 Å². The summed E-state index contributed by atoms with van der Waals surface area (Å²) in [5.41, 5.74) is 8.27. The van der Waals surface area contributed by atoms with Gasteiger partial charge in [-0.3, -0.25) is 19.3 Å². The van der Waals surface area contributed by atoms with Crippen molar-refractivity contribution in [3.63, 3.8) is 0 Å². The molecule has 0 saturated heterocycles. The standard InChI is InChI=1S/C27H30N4O4/c1-20-11-7-8-14-22(20)29(2)17-27(34)31(18-26(33)30(3)21-12-5-4-6-13-21)23-15-9-10-16-24(23)35-19-25(28)32/h4-16H,17-19H2,1-3H3,(H2,28,32). The highest BCUT2D eigenvalue weighted by Gasteiger charge is 2.26. The van der Waals surface area contributed by atoms with Gasteiger partial charge in [-0.15, -0.1) is 0 Å². The fraction of sp³-hybridized carbons (Fsp3) is 0.222. The Morgan fingerprint density at radius 2 is 1.37 bits per heavy atom. The van der Waals surface area contributed by atoms with Gasteiger partial charge in [0.05, 0.1) is 12.2 Å². The zero-order valence-corrected chi connectivity index (χ0v) is 20.2. The van der Waals surface area contributed by atoms with Gasteiger partial charge in [0.1, 0.15) is 12.3 Å². The number of benzene rings is 3. The lowest BCUT2D eigenvalue weighted by molar-refractivity contribution is -0.121. The fourth-order valence-corrected chi connectivity index (χ4v) is 3.66. The normalized spacial score (nSPS) is 10.4. The Morgan fingerprint density at radius 1 is 0.771 bits per heavy atom. The molecule has 8 nitrogen and oxygen atoms in total. The number of carbonyl (C=O) groups excluding carboxylic acids is 3. The minimum absolute atomic E-state index is 0.0251. The number of anilines is 3. The summed E-state index contributed by atoms with van der Waals surface area (Å²) in [6, 6.07) is 23.7. The van der Waals surface area contributed by atoms with E-state index in [1.165, 1.54) is 9.80 Å². The summed E-state index contributed by atoms with van der Waals surface area (Å²) >= 11 is 0. The Bertz CT molecular complexity index is 1180. The number of hydrogen-bond donors (Lipinski definition) is 1. The summed E-state index contributed by atoms with van der Waals surface area (Å²) in [5.74, 6) is -0.946. The van der Waals surface area contributed by atoms with Crippen molar-refractivity contribution in [1.82, 2.24) is 0 Å². The quantitative estimate of drug-likeness (QED) is 0.487. The van der Waals surface area contributed by atoms with E-state index in [9.17, 15) is 14.4 Å². The van der Waals surface area contributed by atoms with E-state index in [1.807, 2.05) is 73.5 Å². The lowest BCUT2D eigenvalue weighted by Crippen LogP contribution is -2.45. The lowest BCUT2D eigenvalue weighted by Gasteiger charge is -2.29. The molecule has 182 valence electrons. The minimum Gasteiger partial charge on any atom is -0.482 e. The number of nitrogens with zero attached hydrogens (tertiary/aromatic N) is 3. The van der Waals surface area contributed by atoms with Crippen LogP contribution in [0.3, 0.4) is 0 Å². The van der Waals surface area contributed by atoms with Gasteiger partial charge in [0, 0.05) is 25.5 Å². The predicted octanol–water partition coefficient (Wildman–Crippen LogP) is 2.99. The molecule has 0 spiro atoms. The highest BCUT2D eigenvalue weighted by atomic mass is 16.5. The van der Waals surface area contributed by atoms with Crippen LogP contribution in [-0.4, -0.2) is 51.5 Å². The van der Waals surface area contributed by atoms with Gasteiger partial charge in [0.15, 0.2) is 6.61 Å². The second kappa shape index (κ2) is 11.7. The molecule has 0 aromatic heterocycles. The number of primary amides is 1. The van der Waals surface area contributed by atoms with Crippen molar-refractivity contribution in [3.05, 3.63) is 84.4 Å². The van der Waals surface area contributed by atoms with E-state index < -0.39 is 5.91 Å². The molecule has 0 atom stereocenters. The first-order valence-electron chi connectivity index (χ1n) is 11.2. The van der Waals surface area contributed by atoms with Crippen LogP contribution in [0.1, 0.15) is 5.56 Å². The maximum atomic E-state index is 13.6. The number of hydrogen-bond acceptors (Lipinski definition) is 5. The third kappa shape index (κ3) is 6.60. The van der Waals surface area contributed by atoms with Crippen molar-refractivity contribution >= 4 is 34.8 Å². The second-order valence-corrected chi connectivity index (χ2v) is 8.13. The van der Waals surface area contributed by atoms with Crippen LogP contribution in [-0.2, 0) is 14.4 Å². The topological polar surface area (TPSA) is 96.2 Å². The van der Waals surface area contributed by atoms with Gasteiger partial charge in [-0.1, -0.05) is 48.5 Å². The summed E-state index contributed by atoms with van der Waals surface area (Å²) in [6.07, 6.45) is 0. The third-order valence-corrected chi connectivity index (χ3v) is 5.54. The first-order valence-corrected chi connectivity index (χ1v) is 11.2. The van der Waals surface area contributed by atoms with E-state index in [0.717, 1.165) is 11.3 Å². The average molecular weight is 475 g/mol.